The molecule has 0 spiro atoms. The lowest BCUT2D eigenvalue weighted by Gasteiger charge is -2.09. The third kappa shape index (κ3) is 2.45. The number of benzene rings is 2. The maximum Gasteiger partial charge on any atom is 0.404 e. The van der Waals surface area contributed by atoms with Crippen molar-refractivity contribution in [3.63, 3.8) is 0 Å². The molecule has 0 fully saturated rings. The van der Waals surface area contributed by atoms with Crippen LogP contribution in [-0.4, -0.2) is 23.8 Å². The highest BCUT2D eigenvalue weighted by Gasteiger charge is 2.25. The molecule has 0 aromatic heterocycles. The fraction of sp³-hybridized carbons (Fsp3) is 0.188. The van der Waals surface area contributed by atoms with Gasteiger partial charge in [0.05, 0.1) is 6.54 Å². The minimum atomic E-state index is -1.02. The van der Waals surface area contributed by atoms with Gasteiger partial charge in [0.2, 0.25) is 0 Å². The van der Waals surface area contributed by atoms with E-state index in [1.807, 2.05) is 30.3 Å². The van der Waals surface area contributed by atoms with Gasteiger partial charge >= 0.3 is 6.09 Å². The summed E-state index contributed by atoms with van der Waals surface area (Å²) in [6, 6.07) is 16.1. The molecule has 0 aliphatic carbocycles. The molecule has 1 unspecified atom stereocenters. The van der Waals surface area contributed by atoms with Crippen LogP contribution in [0.5, 0.6) is 5.75 Å². The first-order chi connectivity index (χ1) is 9.74. The Morgan fingerprint density at radius 1 is 1.20 bits per heavy atom. The molecule has 1 amide bonds. The first-order valence-corrected chi connectivity index (χ1v) is 6.55. The van der Waals surface area contributed by atoms with Gasteiger partial charge in [-0.25, -0.2) is 4.79 Å². The number of nitrogens with one attached hydrogen (secondary N) is 1. The normalized spacial score (nSPS) is 16.3. The molecule has 1 aliphatic heterocycles. The fourth-order valence-corrected chi connectivity index (χ4v) is 2.54. The minimum absolute atomic E-state index is 0.133. The first kappa shape index (κ1) is 12.5. The van der Waals surface area contributed by atoms with Gasteiger partial charge in [-0.3, -0.25) is 0 Å². The molecule has 2 N–H and O–H groups in total. The van der Waals surface area contributed by atoms with Crippen LogP contribution >= 0.6 is 0 Å². The summed E-state index contributed by atoms with van der Waals surface area (Å²) in [7, 11) is 0. The van der Waals surface area contributed by atoms with E-state index in [-0.39, 0.29) is 6.10 Å². The second kappa shape index (κ2) is 5.25. The van der Waals surface area contributed by atoms with Crippen molar-refractivity contribution in [1.29, 1.82) is 0 Å². The third-order valence-electron chi connectivity index (χ3n) is 3.42. The maximum absolute atomic E-state index is 10.6. The molecule has 0 saturated heterocycles. The first-order valence-electron chi connectivity index (χ1n) is 6.55. The smallest absolute Gasteiger partial charge is 0.404 e. The predicted molar refractivity (Wildman–Crippen MR) is 76.0 cm³/mol. The number of carboxylic acid groups (broad SMARTS) is 1. The molecular weight excluding hydrogens is 254 g/mol. The van der Waals surface area contributed by atoms with Gasteiger partial charge in [0.15, 0.2) is 0 Å². The molecule has 2 aromatic carbocycles. The number of rotatable bonds is 3. The van der Waals surface area contributed by atoms with E-state index in [0.717, 1.165) is 28.9 Å². The van der Waals surface area contributed by atoms with Crippen LogP contribution in [0.4, 0.5) is 4.79 Å². The summed E-state index contributed by atoms with van der Waals surface area (Å²) in [6.07, 6.45) is -0.431. The summed E-state index contributed by atoms with van der Waals surface area (Å²) in [4.78, 5) is 10.6. The van der Waals surface area contributed by atoms with Crippen molar-refractivity contribution in [2.24, 2.45) is 0 Å². The zero-order valence-corrected chi connectivity index (χ0v) is 10.9. The van der Waals surface area contributed by atoms with E-state index in [2.05, 4.69) is 23.5 Å². The van der Waals surface area contributed by atoms with Gasteiger partial charge in [-0.15, -0.1) is 0 Å². The number of carbonyl (C=O) groups is 1. The molecular formula is C16H15NO3. The highest BCUT2D eigenvalue weighted by Crippen LogP contribution is 2.36. The lowest BCUT2D eigenvalue weighted by Crippen LogP contribution is -2.33. The van der Waals surface area contributed by atoms with Crippen LogP contribution in [0, 0.1) is 0 Å². The van der Waals surface area contributed by atoms with Crippen molar-refractivity contribution in [3.05, 3.63) is 54.1 Å². The van der Waals surface area contributed by atoms with Gasteiger partial charge in [0.25, 0.3) is 0 Å². The maximum atomic E-state index is 10.6. The van der Waals surface area contributed by atoms with Crippen molar-refractivity contribution in [2.45, 2.75) is 12.5 Å². The van der Waals surface area contributed by atoms with Crippen molar-refractivity contribution in [3.8, 4) is 16.9 Å². The Morgan fingerprint density at radius 3 is 2.75 bits per heavy atom. The summed E-state index contributed by atoms with van der Waals surface area (Å²) in [5, 5.41) is 11.0. The van der Waals surface area contributed by atoms with Gasteiger partial charge < -0.3 is 15.2 Å². The average molecular weight is 269 g/mol. The highest BCUT2D eigenvalue weighted by atomic mass is 16.5. The van der Waals surface area contributed by atoms with E-state index in [0.29, 0.717) is 6.54 Å². The molecule has 3 rings (SSSR count). The lowest BCUT2D eigenvalue weighted by molar-refractivity contribution is 0.181. The summed E-state index contributed by atoms with van der Waals surface area (Å²) in [5.74, 6) is 0.851. The van der Waals surface area contributed by atoms with E-state index in [1.165, 1.54) is 0 Å². The van der Waals surface area contributed by atoms with Crippen LogP contribution in [0.2, 0.25) is 0 Å². The average Bonchev–Trinajstić information content (AvgIpc) is 2.89. The zero-order valence-electron chi connectivity index (χ0n) is 10.9. The van der Waals surface area contributed by atoms with Crippen molar-refractivity contribution < 1.29 is 14.6 Å². The third-order valence-corrected chi connectivity index (χ3v) is 3.42. The van der Waals surface area contributed by atoms with Gasteiger partial charge in [0.1, 0.15) is 11.9 Å². The van der Waals surface area contributed by atoms with Crippen LogP contribution in [0.15, 0.2) is 48.5 Å². The molecule has 1 heterocycles. The summed E-state index contributed by atoms with van der Waals surface area (Å²) in [6.45, 7) is 0.304. The number of ether oxygens (including phenoxy) is 1. The van der Waals surface area contributed by atoms with Gasteiger partial charge in [-0.2, -0.15) is 0 Å². The summed E-state index contributed by atoms with van der Waals surface area (Å²) < 4.78 is 5.79. The SMILES string of the molecule is O=C(O)NCC1Cc2c(cccc2-c2ccccc2)O1. The number of hydrogen-bond acceptors (Lipinski definition) is 2. The second-order valence-electron chi connectivity index (χ2n) is 4.78. The van der Waals surface area contributed by atoms with E-state index in [9.17, 15) is 4.79 Å². The van der Waals surface area contributed by atoms with Crippen molar-refractivity contribution in [2.75, 3.05) is 6.54 Å². The molecule has 4 heteroatoms. The summed E-state index contributed by atoms with van der Waals surface area (Å²) in [5.41, 5.74) is 3.46. The highest BCUT2D eigenvalue weighted by molar-refractivity contribution is 5.71. The van der Waals surface area contributed by atoms with Crippen LogP contribution < -0.4 is 10.1 Å². The van der Waals surface area contributed by atoms with E-state index in [1.54, 1.807) is 0 Å². The molecule has 0 bridgehead atoms. The van der Waals surface area contributed by atoms with Gasteiger partial charge in [-0.1, -0.05) is 42.5 Å². The van der Waals surface area contributed by atoms with Crippen molar-refractivity contribution in [1.82, 2.24) is 5.32 Å². The molecule has 1 atom stereocenters. The Labute approximate surface area is 117 Å². The van der Waals surface area contributed by atoms with Crippen LogP contribution in [-0.2, 0) is 6.42 Å². The zero-order chi connectivity index (χ0) is 13.9. The molecule has 4 nitrogen and oxygen atoms in total. The van der Waals surface area contributed by atoms with Gasteiger partial charge in [-0.05, 0) is 17.2 Å². The summed E-state index contributed by atoms with van der Waals surface area (Å²) >= 11 is 0. The molecule has 0 saturated carbocycles. The van der Waals surface area contributed by atoms with E-state index >= 15 is 0 Å². The Bertz CT molecular complexity index is 625. The number of amides is 1. The number of fused-ring (bicyclic) bond motifs is 1. The minimum Gasteiger partial charge on any atom is -0.488 e. The molecule has 1 aliphatic rings. The van der Waals surface area contributed by atoms with E-state index < -0.39 is 6.09 Å². The Hall–Kier alpha value is -2.49. The lowest BCUT2D eigenvalue weighted by atomic mass is 9.97. The quantitative estimate of drug-likeness (QED) is 0.900. The standard InChI is InChI=1S/C16H15NO3/c18-16(19)17-10-12-9-14-13(7-4-8-15(14)20-12)11-5-2-1-3-6-11/h1-8,12,17H,9-10H2,(H,18,19). The fourth-order valence-electron chi connectivity index (χ4n) is 2.54. The molecule has 20 heavy (non-hydrogen) atoms. The van der Waals surface area contributed by atoms with Crippen LogP contribution in [0.25, 0.3) is 11.1 Å². The van der Waals surface area contributed by atoms with Gasteiger partial charge in [0, 0.05) is 12.0 Å². The largest absolute Gasteiger partial charge is 0.488 e. The molecule has 102 valence electrons. The van der Waals surface area contributed by atoms with E-state index in [4.69, 9.17) is 9.84 Å². The molecule has 0 radical (unpaired) electrons. The van der Waals surface area contributed by atoms with Crippen LogP contribution in [0.3, 0.4) is 0 Å². The topological polar surface area (TPSA) is 58.6 Å². The molecule has 2 aromatic rings. The Kier molecular flexibility index (Phi) is 3.29. The predicted octanol–water partition coefficient (Wildman–Crippen LogP) is 2.92. The Balaban J connectivity index is 1.85. The van der Waals surface area contributed by atoms with Crippen LogP contribution in [0.1, 0.15) is 5.56 Å². The van der Waals surface area contributed by atoms with Crippen molar-refractivity contribution >= 4 is 6.09 Å². The second-order valence-corrected chi connectivity index (χ2v) is 4.78. The number of hydrogen-bond donors (Lipinski definition) is 2. The monoisotopic (exact) mass is 269 g/mol. The Morgan fingerprint density at radius 2 is 2.00 bits per heavy atom.